The minimum absolute atomic E-state index is 0.0318. The van der Waals surface area contributed by atoms with E-state index in [0.717, 1.165) is 35.1 Å². The minimum Gasteiger partial charge on any atom is -0.482 e. The second kappa shape index (κ2) is 10.7. The monoisotopic (exact) mass is 453 g/mol. The summed E-state index contributed by atoms with van der Waals surface area (Å²) in [6.07, 6.45) is 3.46. The van der Waals surface area contributed by atoms with E-state index in [1.54, 1.807) is 16.7 Å². The van der Waals surface area contributed by atoms with Crippen molar-refractivity contribution in [3.63, 3.8) is 0 Å². The molecular formula is C29H27NO4. The predicted octanol–water partition coefficient (Wildman–Crippen LogP) is 5.59. The number of aromatic nitrogens is 1. The average Bonchev–Trinajstić information content (AvgIpc) is 2.85. The first-order chi connectivity index (χ1) is 16.5. The fourth-order valence-corrected chi connectivity index (χ4v) is 4.10. The average molecular weight is 454 g/mol. The van der Waals surface area contributed by atoms with Crippen LogP contribution in [0.2, 0.25) is 0 Å². The summed E-state index contributed by atoms with van der Waals surface area (Å²) in [6, 6.07) is 27.5. The molecule has 0 aliphatic heterocycles. The summed E-state index contributed by atoms with van der Waals surface area (Å²) in [6.45, 7) is 2.32. The lowest BCUT2D eigenvalue weighted by Gasteiger charge is -2.14. The number of aryl methyl sites for hydroxylation is 3. The molecule has 3 aromatic carbocycles. The van der Waals surface area contributed by atoms with Crippen molar-refractivity contribution in [1.82, 2.24) is 4.57 Å². The normalized spacial score (nSPS) is 10.7. The third kappa shape index (κ3) is 5.62. The van der Waals surface area contributed by atoms with Crippen molar-refractivity contribution in [2.75, 3.05) is 6.61 Å². The highest BCUT2D eigenvalue weighted by atomic mass is 16.5. The lowest BCUT2D eigenvalue weighted by atomic mass is 9.93. The SMILES string of the molecule is Cc1ccccc1-c1ccccc1-c1ccc(=O)n(CCCc2cccc(OCC(=O)O)c2)c1. The first kappa shape index (κ1) is 23.1. The molecule has 5 heteroatoms. The number of benzene rings is 3. The predicted molar refractivity (Wildman–Crippen MR) is 134 cm³/mol. The zero-order chi connectivity index (χ0) is 23.9. The molecule has 0 fully saturated rings. The van der Waals surface area contributed by atoms with E-state index in [4.69, 9.17) is 9.84 Å². The molecule has 34 heavy (non-hydrogen) atoms. The zero-order valence-corrected chi connectivity index (χ0v) is 19.1. The van der Waals surface area contributed by atoms with Crippen LogP contribution in [0.15, 0.2) is 95.9 Å². The Balaban J connectivity index is 1.51. The van der Waals surface area contributed by atoms with Gasteiger partial charge in [0.2, 0.25) is 0 Å². The van der Waals surface area contributed by atoms with Crippen LogP contribution in [0.1, 0.15) is 17.5 Å². The third-order valence-electron chi connectivity index (χ3n) is 5.78. The zero-order valence-electron chi connectivity index (χ0n) is 19.1. The lowest BCUT2D eigenvalue weighted by molar-refractivity contribution is -0.139. The smallest absolute Gasteiger partial charge is 0.341 e. The van der Waals surface area contributed by atoms with E-state index in [9.17, 15) is 9.59 Å². The number of carboxylic acids is 1. The van der Waals surface area contributed by atoms with Gasteiger partial charge in [-0.15, -0.1) is 0 Å². The minimum atomic E-state index is -1.01. The molecule has 0 aliphatic carbocycles. The highest BCUT2D eigenvalue weighted by Crippen LogP contribution is 2.33. The molecule has 0 atom stereocenters. The Labute approximate surface area is 198 Å². The summed E-state index contributed by atoms with van der Waals surface area (Å²) in [5.74, 6) is -0.472. The number of pyridine rings is 1. The van der Waals surface area contributed by atoms with Gasteiger partial charge in [-0.2, -0.15) is 0 Å². The van der Waals surface area contributed by atoms with Crippen molar-refractivity contribution >= 4 is 5.97 Å². The molecule has 1 heterocycles. The van der Waals surface area contributed by atoms with Crippen LogP contribution in [0.4, 0.5) is 0 Å². The Hall–Kier alpha value is -4.12. The van der Waals surface area contributed by atoms with Gasteiger partial charge in [-0.1, -0.05) is 60.7 Å². The molecule has 0 aliphatic rings. The van der Waals surface area contributed by atoms with E-state index in [1.165, 1.54) is 11.1 Å². The molecule has 4 rings (SSSR count). The van der Waals surface area contributed by atoms with Crippen LogP contribution in [-0.2, 0) is 17.8 Å². The summed E-state index contributed by atoms with van der Waals surface area (Å²) in [5, 5.41) is 8.78. The van der Waals surface area contributed by atoms with Crippen LogP contribution >= 0.6 is 0 Å². The molecular weight excluding hydrogens is 426 g/mol. The summed E-state index contributed by atoms with van der Waals surface area (Å²) in [4.78, 5) is 23.3. The van der Waals surface area contributed by atoms with Crippen LogP contribution in [0.5, 0.6) is 5.75 Å². The first-order valence-corrected chi connectivity index (χ1v) is 11.3. The second-order valence-corrected chi connectivity index (χ2v) is 8.24. The number of nitrogens with zero attached hydrogens (tertiary/aromatic N) is 1. The van der Waals surface area contributed by atoms with Gasteiger partial charge in [-0.3, -0.25) is 4.79 Å². The Morgan fingerprint density at radius 1 is 0.882 bits per heavy atom. The summed E-state index contributed by atoms with van der Waals surface area (Å²) < 4.78 is 7.02. The molecule has 0 bridgehead atoms. The standard InChI is InChI=1S/C29H27NO4/c1-21-8-2-3-12-25(21)27-14-5-4-13-26(27)23-15-16-28(31)30(19-23)17-7-10-22-9-6-11-24(18-22)34-20-29(32)33/h2-6,8-9,11-16,18-19H,7,10,17,20H2,1H3,(H,32,33). The Bertz CT molecular complexity index is 1360. The molecule has 1 aromatic heterocycles. The largest absolute Gasteiger partial charge is 0.482 e. The topological polar surface area (TPSA) is 68.5 Å². The Morgan fingerprint density at radius 3 is 2.38 bits per heavy atom. The van der Waals surface area contributed by atoms with Gasteiger partial charge in [0.15, 0.2) is 6.61 Å². The van der Waals surface area contributed by atoms with Crippen LogP contribution in [0.3, 0.4) is 0 Å². The van der Waals surface area contributed by atoms with Gasteiger partial charge in [-0.25, -0.2) is 4.79 Å². The van der Waals surface area contributed by atoms with Gasteiger partial charge in [0, 0.05) is 18.8 Å². The molecule has 0 amide bonds. The van der Waals surface area contributed by atoms with Crippen molar-refractivity contribution < 1.29 is 14.6 Å². The molecule has 0 saturated carbocycles. The first-order valence-electron chi connectivity index (χ1n) is 11.3. The van der Waals surface area contributed by atoms with Gasteiger partial charge in [0.25, 0.3) is 5.56 Å². The van der Waals surface area contributed by atoms with Crippen molar-refractivity contribution in [3.8, 4) is 28.0 Å². The van der Waals surface area contributed by atoms with Gasteiger partial charge < -0.3 is 14.4 Å². The van der Waals surface area contributed by atoms with Crippen LogP contribution in [0, 0.1) is 6.92 Å². The van der Waals surface area contributed by atoms with E-state index in [0.29, 0.717) is 12.3 Å². The number of hydrogen-bond donors (Lipinski definition) is 1. The summed E-state index contributed by atoms with van der Waals surface area (Å²) >= 11 is 0. The second-order valence-electron chi connectivity index (χ2n) is 8.24. The molecule has 172 valence electrons. The van der Waals surface area contributed by atoms with Crippen molar-refractivity contribution in [3.05, 3.63) is 113 Å². The maximum atomic E-state index is 12.5. The van der Waals surface area contributed by atoms with Gasteiger partial charge >= 0.3 is 5.97 Å². The van der Waals surface area contributed by atoms with Crippen LogP contribution < -0.4 is 10.3 Å². The van der Waals surface area contributed by atoms with Gasteiger partial charge in [0.05, 0.1) is 0 Å². The van der Waals surface area contributed by atoms with E-state index < -0.39 is 5.97 Å². The van der Waals surface area contributed by atoms with E-state index in [1.807, 2.05) is 54.7 Å². The summed E-state index contributed by atoms with van der Waals surface area (Å²) in [7, 11) is 0. The number of aliphatic carboxylic acids is 1. The van der Waals surface area contributed by atoms with Gasteiger partial charge in [-0.05, 0) is 71.3 Å². The number of ether oxygens (including phenoxy) is 1. The molecule has 1 N–H and O–H groups in total. The number of rotatable bonds is 9. The molecule has 5 nitrogen and oxygen atoms in total. The number of hydrogen-bond acceptors (Lipinski definition) is 3. The van der Waals surface area contributed by atoms with E-state index in [-0.39, 0.29) is 12.2 Å². The maximum Gasteiger partial charge on any atom is 0.341 e. The Morgan fingerprint density at radius 2 is 1.62 bits per heavy atom. The van der Waals surface area contributed by atoms with E-state index >= 15 is 0 Å². The molecule has 0 radical (unpaired) electrons. The van der Waals surface area contributed by atoms with Crippen molar-refractivity contribution in [1.29, 1.82) is 0 Å². The molecule has 4 aromatic rings. The lowest BCUT2D eigenvalue weighted by Crippen LogP contribution is -2.19. The molecule has 0 saturated heterocycles. The quantitative estimate of drug-likeness (QED) is 0.359. The highest BCUT2D eigenvalue weighted by molar-refractivity contribution is 5.84. The fourth-order valence-electron chi connectivity index (χ4n) is 4.10. The molecule has 0 spiro atoms. The van der Waals surface area contributed by atoms with E-state index in [2.05, 4.69) is 31.2 Å². The summed E-state index contributed by atoms with van der Waals surface area (Å²) in [5.41, 5.74) is 6.63. The van der Waals surface area contributed by atoms with Crippen LogP contribution in [-0.4, -0.2) is 22.2 Å². The number of carboxylic acid groups (broad SMARTS) is 1. The maximum absolute atomic E-state index is 12.5. The van der Waals surface area contributed by atoms with Crippen molar-refractivity contribution in [2.24, 2.45) is 0 Å². The highest BCUT2D eigenvalue weighted by Gasteiger charge is 2.10. The Kier molecular flexibility index (Phi) is 7.23. The van der Waals surface area contributed by atoms with Crippen LogP contribution in [0.25, 0.3) is 22.3 Å². The third-order valence-corrected chi connectivity index (χ3v) is 5.78. The molecule has 0 unspecified atom stereocenters. The number of carbonyl (C=O) groups is 1. The fraction of sp³-hybridized carbons (Fsp3) is 0.172. The van der Waals surface area contributed by atoms with Crippen molar-refractivity contribution in [2.45, 2.75) is 26.3 Å². The van der Waals surface area contributed by atoms with Gasteiger partial charge in [0.1, 0.15) is 5.75 Å².